The van der Waals surface area contributed by atoms with Crippen molar-refractivity contribution in [2.24, 2.45) is 0 Å². The Kier molecular flexibility index (Phi) is 12.7. The van der Waals surface area contributed by atoms with Crippen LogP contribution in [0.25, 0.3) is 22.3 Å². The van der Waals surface area contributed by atoms with Crippen molar-refractivity contribution >= 4 is 68.6 Å². The van der Waals surface area contributed by atoms with Crippen LogP contribution in [-0.2, 0) is 45.3 Å². The van der Waals surface area contributed by atoms with Gasteiger partial charge in [-0.2, -0.15) is 0 Å². The van der Waals surface area contributed by atoms with Crippen molar-refractivity contribution in [2.45, 2.75) is 161 Å². The van der Waals surface area contributed by atoms with Crippen LogP contribution >= 0.6 is 0 Å². The van der Waals surface area contributed by atoms with E-state index in [4.69, 9.17) is 0 Å². The van der Waals surface area contributed by atoms with Gasteiger partial charge in [0, 0.05) is 50.7 Å². The maximum absolute atomic E-state index is 2.79. The minimum Gasteiger partial charge on any atom is -0.334 e. The third-order valence-electron chi connectivity index (χ3n) is 21.9. The zero-order valence-corrected chi connectivity index (χ0v) is 55.0. The van der Waals surface area contributed by atoms with Crippen LogP contribution in [0.4, 0.5) is 45.5 Å². The zero-order valence-electron chi connectivity index (χ0n) is 55.0. The molecule has 0 N–H and O–H groups in total. The van der Waals surface area contributed by atoms with Crippen molar-refractivity contribution in [3.63, 3.8) is 0 Å². The zero-order chi connectivity index (χ0) is 62.0. The molecular formula is C85H86BN3. The van der Waals surface area contributed by atoms with Gasteiger partial charge in [-0.15, -0.1) is 0 Å². The first-order valence-electron chi connectivity index (χ1n) is 32.9. The average Bonchev–Trinajstić information content (AvgIpc) is 1.54. The molecule has 10 aromatic carbocycles. The molecule has 0 aromatic heterocycles. The van der Waals surface area contributed by atoms with E-state index >= 15 is 0 Å². The fourth-order valence-corrected chi connectivity index (χ4v) is 16.8. The third-order valence-corrected chi connectivity index (χ3v) is 21.9. The number of benzene rings is 10. The molecule has 5 aliphatic rings. The number of para-hydroxylation sites is 1. The van der Waals surface area contributed by atoms with Gasteiger partial charge in [0.25, 0.3) is 6.71 Å². The second-order valence-corrected chi connectivity index (χ2v) is 31.5. The summed E-state index contributed by atoms with van der Waals surface area (Å²) in [4.78, 5) is 8.26. The van der Waals surface area contributed by atoms with Gasteiger partial charge in [0.15, 0.2) is 0 Å². The second-order valence-electron chi connectivity index (χ2n) is 31.5. The normalized spacial score (nSPS) is 19.3. The van der Waals surface area contributed by atoms with Gasteiger partial charge in [-0.3, -0.25) is 0 Å². The van der Waals surface area contributed by atoms with Crippen molar-refractivity contribution < 1.29 is 0 Å². The Hall–Kier alpha value is -8.34. The first-order chi connectivity index (χ1) is 42.4. The van der Waals surface area contributed by atoms with Gasteiger partial charge >= 0.3 is 0 Å². The fraction of sp³-hybridized carbons (Fsp3) is 0.294. The van der Waals surface area contributed by atoms with E-state index < -0.39 is 0 Å². The van der Waals surface area contributed by atoms with E-state index in [1.165, 1.54) is 134 Å². The third kappa shape index (κ3) is 8.73. The van der Waals surface area contributed by atoms with Crippen LogP contribution in [0.5, 0.6) is 0 Å². The van der Waals surface area contributed by atoms with Crippen LogP contribution in [0, 0.1) is 0 Å². The van der Waals surface area contributed by atoms with Crippen molar-refractivity contribution in [1.29, 1.82) is 0 Å². The predicted molar refractivity (Wildman–Crippen MR) is 381 cm³/mol. The maximum atomic E-state index is 2.79. The molecule has 2 unspecified atom stereocenters. The molecule has 89 heavy (non-hydrogen) atoms. The molecule has 444 valence electrons. The number of anilines is 8. The summed E-state index contributed by atoms with van der Waals surface area (Å²) in [7, 11) is 0. The Labute approximate surface area is 531 Å². The highest BCUT2D eigenvalue weighted by atomic mass is 15.3. The SMILES string of the molecule is CC(C)(C)c1ccc(N2c3cc(N4c5ccccc5C5(c6ccccc6)Cc6ccccc6CC45C)ccc3B3c4cc5c(cc4N(c4ccc(C(C)(C)C)cc4-c4ccccc4)c4cc(C(C)(C)C)cc2c43)C(C)(C)CCC5(C)C)c(-c2ccccc2)c1. The summed E-state index contributed by atoms with van der Waals surface area (Å²) in [5.41, 5.74) is 30.2. The lowest BCUT2D eigenvalue weighted by atomic mass is 9.33. The van der Waals surface area contributed by atoms with Crippen LogP contribution in [0.2, 0.25) is 0 Å². The lowest BCUT2D eigenvalue weighted by molar-refractivity contribution is 0.281. The standard InChI is InChI=1S/C85H86BN3/c1-79(2,3)60-38-42-71(64(46-60)55-28-18-15-19-29-55)87-74-50-63(89-73-37-27-26-36-66(73)85(59-34-22-17-23-35-59)54-58-33-25-24-32-57(58)53-84(85,89)14)40-41-69(74)86-70-51-67-68(83(12,13)45-44-82(67,10)11)52-75(70)88(77-49-62(81(7,8)9)48-76(87)78(77)86)72-43-39-61(80(4,5)6)47-65(72)56-30-20-16-21-31-56/h15-43,46-52H,44-45,53-54H2,1-14H3. The van der Waals surface area contributed by atoms with E-state index in [1.807, 2.05) is 0 Å². The first-order valence-corrected chi connectivity index (χ1v) is 32.9. The van der Waals surface area contributed by atoms with Crippen molar-refractivity contribution in [3.8, 4) is 22.3 Å². The molecule has 0 fully saturated rings. The van der Waals surface area contributed by atoms with Gasteiger partial charge in [-0.25, -0.2) is 0 Å². The van der Waals surface area contributed by atoms with Crippen molar-refractivity contribution in [1.82, 2.24) is 0 Å². The summed E-state index contributed by atoms with van der Waals surface area (Å²) in [6, 6.07) is 85.7. The molecule has 3 aliphatic heterocycles. The average molecular weight is 1160 g/mol. The molecule has 10 aromatic rings. The Bertz CT molecular complexity index is 4480. The molecule has 0 radical (unpaired) electrons. The Morgan fingerprint density at radius 2 is 0.831 bits per heavy atom. The van der Waals surface area contributed by atoms with E-state index in [0.29, 0.717) is 0 Å². The minimum atomic E-state index is -0.386. The second kappa shape index (κ2) is 19.8. The molecule has 2 aliphatic carbocycles. The van der Waals surface area contributed by atoms with E-state index in [0.717, 1.165) is 25.7 Å². The molecular weight excluding hydrogens is 1070 g/mol. The summed E-state index contributed by atoms with van der Waals surface area (Å²) < 4.78 is 0. The number of rotatable bonds is 6. The fourth-order valence-electron chi connectivity index (χ4n) is 16.8. The monoisotopic (exact) mass is 1160 g/mol. The van der Waals surface area contributed by atoms with E-state index in [9.17, 15) is 0 Å². The Balaban J connectivity index is 1.08. The Morgan fingerprint density at radius 1 is 0.360 bits per heavy atom. The van der Waals surface area contributed by atoms with Gasteiger partial charge in [0.2, 0.25) is 0 Å². The highest BCUT2D eigenvalue weighted by Gasteiger charge is 2.62. The molecule has 0 bridgehead atoms. The lowest BCUT2D eigenvalue weighted by Gasteiger charge is -2.53. The van der Waals surface area contributed by atoms with Crippen molar-refractivity contribution in [2.75, 3.05) is 14.7 Å². The summed E-state index contributed by atoms with van der Waals surface area (Å²) >= 11 is 0. The van der Waals surface area contributed by atoms with Gasteiger partial charge in [0.05, 0.1) is 16.9 Å². The number of fused-ring (bicyclic) bond motifs is 9. The van der Waals surface area contributed by atoms with Crippen LogP contribution in [0.1, 0.15) is 160 Å². The quantitative estimate of drug-likeness (QED) is 0.154. The van der Waals surface area contributed by atoms with Gasteiger partial charge in [-0.1, -0.05) is 248 Å². The molecule has 2 atom stereocenters. The first kappa shape index (κ1) is 57.1. The summed E-state index contributed by atoms with van der Waals surface area (Å²) in [6.07, 6.45) is 4.08. The van der Waals surface area contributed by atoms with Gasteiger partial charge < -0.3 is 14.7 Å². The largest absolute Gasteiger partial charge is 0.334 e. The smallest absolute Gasteiger partial charge is 0.252 e. The minimum absolute atomic E-state index is 0.0251. The number of nitrogens with zero attached hydrogens (tertiary/aromatic N) is 3. The van der Waals surface area contributed by atoms with Crippen LogP contribution < -0.4 is 31.1 Å². The Morgan fingerprint density at radius 3 is 1.37 bits per heavy atom. The van der Waals surface area contributed by atoms with Crippen LogP contribution in [0.15, 0.2) is 218 Å². The lowest BCUT2D eigenvalue weighted by Crippen LogP contribution is -2.62. The highest BCUT2D eigenvalue weighted by Crippen LogP contribution is 2.63. The summed E-state index contributed by atoms with van der Waals surface area (Å²) in [6.45, 7) is 33.8. The summed E-state index contributed by atoms with van der Waals surface area (Å²) in [5.74, 6) is 0. The number of hydrogen-bond donors (Lipinski definition) is 0. The van der Waals surface area contributed by atoms with Gasteiger partial charge in [-0.05, 0) is 198 Å². The number of hydrogen-bond acceptors (Lipinski definition) is 3. The van der Waals surface area contributed by atoms with Gasteiger partial charge in [0.1, 0.15) is 0 Å². The summed E-state index contributed by atoms with van der Waals surface area (Å²) in [5, 5.41) is 0. The molecule has 0 amide bonds. The van der Waals surface area contributed by atoms with E-state index in [2.05, 4.69) is 330 Å². The van der Waals surface area contributed by atoms with Crippen LogP contribution in [-0.4, -0.2) is 12.3 Å². The molecule has 0 saturated heterocycles. The topological polar surface area (TPSA) is 9.72 Å². The molecule has 3 nitrogen and oxygen atoms in total. The molecule has 0 spiro atoms. The maximum Gasteiger partial charge on any atom is 0.252 e. The predicted octanol–water partition coefficient (Wildman–Crippen LogP) is 20.3. The van der Waals surface area contributed by atoms with E-state index in [-0.39, 0.29) is 44.7 Å². The van der Waals surface area contributed by atoms with E-state index in [1.54, 1.807) is 0 Å². The molecule has 0 saturated carbocycles. The molecule has 3 heterocycles. The molecule has 4 heteroatoms. The van der Waals surface area contributed by atoms with Crippen molar-refractivity contribution in [3.05, 3.63) is 268 Å². The van der Waals surface area contributed by atoms with Crippen LogP contribution in [0.3, 0.4) is 0 Å². The highest BCUT2D eigenvalue weighted by molar-refractivity contribution is 7.00. The molecule has 15 rings (SSSR count).